The summed E-state index contributed by atoms with van der Waals surface area (Å²) in [5.41, 5.74) is -4.07. The van der Waals surface area contributed by atoms with Gasteiger partial charge >= 0.3 is 24.4 Å². The second kappa shape index (κ2) is 7.88. The largest absolute Gasteiger partial charge is 0.488 e. The molecule has 1 N–H and O–H groups in total. The lowest BCUT2D eigenvalue weighted by molar-refractivity contribution is -0.143. The second-order valence-corrected chi connectivity index (χ2v) is 7.70. The number of carbonyl (C=O) groups is 2. The predicted molar refractivity (Wildman–Crippen MR) is 89.8 cm³/mol. The zero-order chi connectivity index (χ0) is 23.1. The quantitative estimate of drug-likeness (QED) is 0.693. The van der Waals surface area contributed by atoms with Gasteiger partial charge in [0.05, 0.1) is 17.7 Å². The molecule has 0 radical (unpaired) electrons. The van der Waals surface area contributed by atoms with Crippen molar-refractivity contribution in [3.63, 3.8) is 0 Å². The number of aliphatic carboxylic acids is 1. The minimum Gasteiger partial charge on any atom is -0.488 e. The highest BCUT2D eigenvalue weighted by Gasteiger charge is 2.43. The third-order valence-electron chi connectivity index (χ3n) is 4.04. The molecule has 6 nitrogen and oxygen atoms in total. The maximum absolute atomic E-state index is 13.0. The summed E-state index contributed by atoms with van der Waals surface area (Å²) in [6.07, 6.45) is -12.6. The van der Waals surface area contributed by atoms with Gasteiger partial charge in [-0.05, 0) is 39.0 Å². The van der Waals surface area contributed by atoms with E-state index in [2.05, 4.69) is 0 Å². The first kappa shape index (κ1) is 23.6. The van der Waals surface area contributed by atoms with Crippen molar-refractivity contribution in [3.8, 4) is 5.75 Å². The van der Waals surface area contributed by atoms with Crippen LogP contribution in [-0.4, -0.2) is 46.4 Å². The van der Waals surface area contributed by atoms with E-state index < -0.39 is 59.0 Å². The first-order valence-electron chi connectivity index (χ1n) is 8.66. The molecule has 1 saturated heterocycles. The lowest BCUT2D eigenvalue weighted by Crippen LogP contribution is -2.43. The summed E-state index contributed by atoms with van der Waals surface area (Å²) in [6.45, 7) is 4.26. The Balaban J connectivity index is 2.29. The highest BCUT2D eigenvalue weighted by atomic mass is 19.4. The topological polar surface area (TPSA) is 76.1 Å². The van der Waals surface area contributed by atoms with Gasteiger partial charge in [0.15, 0.2) is 0 Å². The molecule has 2 atom stereocenters. The van der Waals surface area contributed by atoms with Crippen molar-refractivity contribution < 1.29 is 50.5 Å². The summed E-state index contributed by atoms with van der Waals surface area (Å²) in [5.74, 6) is -2.15. The van der Waals surface area contributed by atoms with E-state index in [9.17, 15) is 41.0 Å². The fourth-order valence-corrected chi connectivity index (χ4v) is 2.83. The molecule has 30 heavy (non-hydrogen) atoms. The summed E-state index contributed by atoms with van der Waals surface area (Å²) in [4.78, 5) is 24.5. The minimum absolute atomic E-state index is 0.0471. The van der Waals surface area contributed by atoms with Crippen molar-refractivity contribution in [2.24, 2.45) is 0 Å². The average molecular weight is 443 g/mol. The van der Waals surface area contributed by atoms with Crippen molar-refractivity contribution in [2.45, 2.75) is 57.3 Å². The molecule has 2 rings (SSSR count). The number of carboxylic acid groups (broad SMARTS) is 1. The zero-order valence-corrected chi connectivity index (χ0v) is 16.1. The number of rotatable bonds is 3. The van der Waals surface area contributed by atoms with Crippen molar-refractivity contribution >= 4 is 12.1 Å². The maximum Gasteiger partial charge on any atom is 0.416 e. The molecule has 1 aliphatic rings. The van der Waals surface area contributed by atoms with E-state index in [4.69, 9.17) is 9.47 Å². The van der Waals surface area contributed by atoms with Crippen LogP contribution in [0.4, 0.5) is 31.1 Å². The molecule has 1 fully saturated rings. The van der Waals surface area contributed by atoms with Gasteiger partial charge in [-0.3, -0.25) is 4.90 Å². The van der Waals surface area contributed by atoms with Crippen LogP contribution in [0.3, 0.4) is 0 Å². The predicted octanol–water partition coefficient (Wildman–Crippen LogP) is 4.57. The highest BCUT2D eigenvalue weighted by Crippen LogP contribution is 2.39. The van der Waals surface area contributed by atoms with Crippen LogP contribution >= 0.6 is 0 Å². The number of carboxylic acids is 1. The number of halogens is 6. The van der Waals surface area contributed by atoms with E-state index in [0.29, 0.717) is 12.1 Å². The van der Waals surface area contributed by atoms with Crippen molar-refractivity contribution in [2.75, 3.05) is 6.54 Å². The summed E-state index contributed by atoms with van der Waals surface area (Å²) in [5, 5.41) is 9.31. The summed E-state index contributed by atoms with van der Waals surface area (Å²) in [6, 6.07) is -0.672. The maximum atomic E-state index is 13.0. The van der Waals surface area contributed by atoms with Gasteiger partial charge in [-0.15, -0.1) is 0 Å². The van der Waals surface area contributed by atoms with E-state index in [1.807, 2.05) is 0 Å². The average Bonchev–Trinajstić information content (AvgIpc) is 2.95. The van der Waals surface area contributed by atoms with Gasteiger partial charge in [0.25, 0.3) is 0 Å². The zero-order valence-electron chi connectivity index (χ0n) is 16.1. The van der Waals surface area contributed by atoms with Crippen LogP contribution in [0.25, 0.3) is 0 Å². The van der Waals surface area contributed by atoms with Crippen molar-refractivity contribution in [1.29, 1.82) is 0 Å². The number of ether oxygens (including phenoxy) is 2. The normalized spacial score (nSPS) is 20.2. The standard InChI is InChI=1S/C18H19F6NO5/c1-16(2,3)30-15(28)25-8-12(7-13(25)14(26)27)29-11-5-9(17(19,20)21)4-10(6-11)18(22,23)24/h4-6,12-13H,7-8H2,1-3H3,(H,26,27)/t12-,13+/m1/s1. The van der Waals surface area contributed by atoms with Crippen molar-refractivity contribution in [1.82, 2.24) is 4.90 Å². The molecule has 12 heteroatoms. The highest BCUT2D eigenvalue weighted by molar-refractivity contribution is 5.81. The summed E-state index contributed by atoms with van der Waals surface area (Å²) >= 11 is 0. The number of amides is 1. The van der Waals surface area contributed by atoms with Crippen LogP contribution in [-0.2, 0) is 21.9 Å². The number of carbonyl (C=O) groups excluding carboxylic acids is 1. The molecule has 0 bridgehead atoms. The van der Waals surface area contributed by atoms with Crippen LogP contribution in [0.15, 0.2) is 18.2 Å². The van der Waals surface area contributed by atoms with Gasteiger partial charge in [0.2, 0.25) is 0 Å². The first-order valence-corrected chi connectivity index (χ1v) is 8.66. The van der Waals surface area contributed by atoms with Gasteiger partial charge < -0.3 is 14.6 Å². The van der Waals surface area contributed by atoms with Gasteiger partial charge in [-0.1, -0.05) is 0 Å². The Bertz CT molecular complexity index is 783. The molecule has 0 unspecified atom stereocenters. The van der Waals surface area contributed by atoms with Crippen LogP contribution in [0.2, 0.25) is 0 Å². The molecular weight excluding hydrogens is 424 g/mol. The monoisotopic (exact) mass is 443 g/mol. The smallest absolute Gasteiger partial charge is 0.416 e. The number of hydrogen-bond acceptors (Lipinski definition) is 4. The fourth-order valence-electron chi connectivity index (χ4n) is 2.83. The molecule has 1 heterocycles. The number of hydrogen-bond donors (Lipinski definition) is 1. The van der Waals surface area contributed by atoms with E-state index in [0.717, 1.165) is 4.90 Å². The van der Waals surface area contributed by atoms with Crippen LogP contribution in [0.5, 0.6) is 5.75 Å². The molecule has 0 saturated carbocycles. The SMILES string of the molecule is CC(C)(C)OC(=O)N1C[C@H](Oc2cc(C(F)(F)F)cc(C(F)(F)F)c2)C[C@H]1C(=O)O. The molecule has 1 aromatic carbocycles. The third kappa shape index (κ3) is 5.92. The van der Waals surface area contributed by atoms with E-state index in [1.54, 1.807) is 20.8 Å². The molecule has 0 spiro atoms. The molecule has 1 aromatic rings. The third-order valence-corrected chi connectivity index (χ3v) is 4.04. The molecule has 1 amide bonds. The summed E-state index contributed by atoms with van der Waals surface area (Å²) in [7, 11) is 0. The Hall–Kier alpha value is -2.66. The Kier molecular flexibility index (Phi) is 6.20. The van der Waals surface area contributed by atoms with Gasteiger partial charge in [-0.25, -0.2) is 9.59 Å². The van der Waals surface area contributed by atoms with Crippen LogP contribution in [0, 0.1) is 0 Å². The first-order chi connectivity index (χ1) is 13.5. The number of alkyl halides is 6. The fraction of sp³-hybridized carbons (Fsp3) is 0.556. The molecular formula is C18H19F6NO5. The Morgan fingerprint density at radius 3 is 1.90 bits per heavy atom. The second-order valence-electron chi connectivity index (χ2n) is 7.70. The van der Waals surface area contributed by atoms with Crippen LogP contribution < -0.4 is 4.74 Å². The number of likely N-dealkylation sites (tertiary alicyclic amines) is 1. The lowest BCUT2D eigenvalue weighted by atomic mass is 10.1. The van der Waals surface area contributed by atoms with E-state index in [-0.39, 0.29) is 19.0 Å². The molecule has 1 aliphatic heterocycles. The van der Waals surface area contributed by atoms with E-state index >= 15 is 0 Å². The number of benzene rings is 1. The molecule has 168 valence electrons. The Morgan fingerprint density at radius 1 is 1.00 bits per heavy atom. The van der Waals surface area contributed by atoms with Gasteiger partial charge in [-0.2, -0.15) is 26.3 Å². The van der Waals surface area contributed by atoms with Crippen molar-refractivity contribution in [3.05, 3.63) is 29.3 Å². The minimum atomic E-state index is -5.05. The van der Waals surface area contributed by atoms with Gasteiger partial charge in [0.1, 0.15) is 23.5 Å². The lowest BCUT2D eigenvalue weighted by Gasteiger charge is -2.26. The Morgan fingerprint density at radius 2 is 1.50 bits per heavy atom. The number of nitrogens with zero attached hydrogens (tertiary/aromatic N) is 1. The van der Waals surface area contributed by atoms with Crippen LogP contribution in [0.1, 0.15) is 38.3 Å². The molecule has 0 aliphatic carbocycles. The van der Waals surface area contributed by atoms with Gasteiger partial charge in [0, 0.05) is 6.42 Å². The Labute approximate surface area is 167 Å². The van der Waals surface area contributed by atoms with E-state index in [1.165, 1.54) is 0 Å². The summed E-state index contributed by atoms with van der Waals surface area (Å²) < 4.78 is 88.2. The molecule has 0 aromatic heterocycles.